The predicted molar refractivity (Wildman–Crippen MR) is 133 cm³/mol. The summed E-state index contributed by atoms with van der Waals surface area (Å²) in [4.78, 5) is 22.7. The van der Waals surface area contributed by atoms with E-state index in [0.717, 1.165) is 54.3 Å². The van der Waals surface area contributed by atoms with Crippen LogP contribution in [0.1, 0.15) is 41.6 Å². The Morgan fingerprint density at radius 3 is 2.66 bits per heavy atom. The van der Waals surface area contributed by atoms with Gasteiger partial charge in [-0.05, 0) is 45.4 Å². The third kappa shape index (κ3) is 5.10. The molecule has 1 amide bonds. The van der Waals surface area contributed by atoms with Crippen LogP contribution >= 0.6 is 35.3 Å². The minimum atomic E-state index is -0.0876. The summed E-state index contributed by atoms with van der Waals surface area (Å²) in [5.74, 6) is -0.0876. The number of aryl methyl sites for hydroxylation is 2. The normalized spacial score (nSPS) is 14.7. The molecular formula is C22H29Cl2N5O2S. The molecule has 0 aliphatic carbocycles. The summed E-state index contributed by atoms with van der Waals surface area (Å²) >= 11 is 7.91. The fourth-order valence-corrected chi connectivity index (χ4v) is 5.11. The van der Waals surface area contributed by atoms with E-state index < -0.39 is 0 Å². The molecule has 7 nitrogen and oxygen atoms in total. The van der Waals surface area contributed by atoms with Gasteiger partial charge in [-0.3, -0.25) is 19.3 Å². The van der Waals surface area contributed by atoms with Crippen molar-refractivity contribution in [3.8, 4) is 0 Å². The van der Waals surface area contributed by atoms with E-state index >= 15 is 0 Å². The number of nitrogens with zero attached hydrogens (tertiary/aromatic N) is 5. The number of anilines is 1. The fourth-order valence-electron chi connectivity index (χ4n) is 3.76. The van der Waals surface area contributed by atoms with Gasteiger partial charge in [0.15, 0.2) is 5.13 Å². The van der Waals surface area contributed by atoms with Crippen LogP contribution in [0.15, 0.2) is 18.2 Å². The fraction of sp³-hybridized carbons (Fsp3) is 0.500. The van der Waals surface area contributed by atoms with E-state index in [-0.39, 0.29) is 24.4 Å². The van der Waals surface area contributed by atoms with Gasteiger partial charge in [-0.2, -0.15) is 5.10 Å². The van der Waals surface area contributed by atoms with E-state index in [0.29, 0.717) is 22.4 Å². The number of amides is 1. The number of morpholine rings is 1. The molecule has 1 saturated heterocycles. The first kappa shape index (κ1) is 24.9. The highest BCUT2D eigenvalue weighted by atomic mass is 35.5. The predicted octanol–water partition coefficient (Wildman–Crippen LogP) is 4.74. The molecule has 0 spiro atoms. The maximum atomic E-state index is 13.8. The molecule has 0 unspecified atom stereocenters. The van der Waals surface area contributed by atoms with E-state index in [1.807, 2.05) is 45.9 Å². The van der Waals surface area contributed by atoms with Crippen molar-refractivity contribution in [1.82, 2.24) is 19.7 Å². The minimum Gasteiger partial charge on any atom is -0.379 e. The van der Waals surface area contributed by atoms with Gasteiger partial charge in [0.1, 0.15) is 5.69 Å². The molecule has 3 aromatic rings. The summed E-state index contributed by atoms with van der Waals surface area (Å²) < 4.78 is 8.17. The topological polar surface area (TPSA) is 63.5 Å². The van der Waals surface area contributed by atoms with Gasteiger partial charge in [0.05, 0.1) is 34.1 Å². The molecule has 0 N–H and O–H groups in total. The summed E-state index contributed by atoms with van der Waals surface area (Å²) in [7, 11) is 0. The minimum absolute atomic E-state index is 0. The average molecular weight is 498 g/mol. The molecule has 0 bridgehead atoms. The third-order valence-corrected chi connectivity index (χ3v) is 7.01. The molecule has 32 heavy (non-hydrogen) atoms. The molecule has 1 aromatic carbocycles. The Labute approximate surface area is 203 Å². The number of benzene rings is 1. The van der Waals surface area contributed by atoms with Crippen LogP contribution in [-0.4, -0.2) is 65.0 Å². The van der Waals surface area contributed by atoms with E-state index in [4.69, 9.17) is 21.3 Å². The molecule has 0 radical (unpaired) electrons. The SMILES string of the molecule is Cc1cc(C(=O)N(CCN2CCOCC2)c2nc3c(C)ccc(Cl)c3s2)n(C(C)C)n1.Cl. The first-order valence-electron chi connectivity index (χ1n) is 10.6. The maximum Gasteiger partial charge on any atom is 0.278 e. The number of ether oxygens (including phenoxy) is 1. The van der Waals surface area contributed by atoms with Crippen molar-refractivity contribution < 1.29 is 9.53 Å². The summed E-state index contributed by atoms with van der Waals surface area (Å²) in [6, 6.07) is 5.79. The van der Waals surface area contributed by atoms with Gasteiger partial charge in [-0.25, -0.2) is 4.98 Å². The quantitative estimate of drug-likeness (QED) is 0.491. The van der Waals surface area contributed by atoms with Gasteiger partial charge in [0.25, 0.3) is 5.91 Å². The highest BCUT2D eigenvalue weighted by molar-refractivity contribution is 7.23. The zero-order valence-corrected chi connectivity index (χ0v) is 21.2. The van der Waals surface area contributed by atoms with E-state index in [1.165, 1.54) is 11.3 Å². The monoisotopic (exact) mass is 497 g/mol. The first-order valence-corrected chi connectivity index (χ1v) is 11.8. The van der Waals surface area contributed by atoms with E-state index in [1.54, 1.807) is 9.58 Å². The van der Waals surface area contributed by atoms with E-state index in [2.05, 4.69) is 10.00 Å². The Hall–Kier alpha value is -1.71. The van der Waals surface area contributed by atoms with Crippen LogP contribution in [0.3, 0.4) is 0 Å². The average Bonchev–Trinajstić information content (AvgIpc) is 3.37. The highest BCUT2D eigenvalue weighted by Crippen LogP contribution is 2.36. The Kier molecular flexibility index (Phi) is 8.16. The number of carbonyl (C=O) groups excluding carboxylic acids is 1. The third-order valence-electron chi connectivity index (χ3n) is 5.47. The van der Waals surface area contributed by atoms with Gasteiger partial charge in [-0.1, -0.05) is 29.0 Å². The lowest BCUT2D eigenvalue weighted by atomic mass is 10.2. The van der Waals surface area contributed by atoms with Crippen molar-refractivity contribution in [3.05, 3.63) is 40.2 Å². The maximum absolute atomic E-state index is 13.8. The van der Waals surface area contributed by atoms with Crippen molar-refractivity contribution in [3.63, 3.8) is 0 Å². The van der Waals surface area contributed by atoms with Crippen molar-refractivity contribution in [2.24, 2.45) is 0 Å². The molecule has 4 rings (SSSR count). The number of halogens is 2. The summed E-state index contributed by atoms with van der Waals surface area (Å²) in [6.45, 7) is 12.5. The Morgan fingerprint density at radius 2 is 2.00 bits per heavy atom. The molecule has 0 atom stereocenters. The number of hydrogen-bond acceptors (Lipinski definition) is 6. The van der Waals surface area contributed by atoms with Crippen LogP contribution in [0.2, 0.25) is 5.02 Å². The molecule has 10 heteroatoms. The lowest BCUT2D eigenvalue weighted by molar-refractivity contribution is 0.0391. The Morgan fingerprint density at radius 1 is 1.28 bits per heavy atom. The molecule has 0 saturated carbocycles. The molecule has 3 heterocycles. The van der Waals surface area contributed by atoms with Gasteiger partial charge in [0, 0.05) is 32.2 Å². The van der Waals surface area contributed by atoms with Crippen LogP contribution in [-0.2, 0) is 4.74 Å². The molecular weight excluding hydrogens is 469 g/mol. The van der Waals surface area contributed by atoms with Crippen LogP contribution in [0.5, 0.6) is 0 Å². The number of rotatable bonds is 6. The zero-order valence-electron chi connectivity index (χ0n) is 18.8. The number of aromatic nitrogens is 3. The second-order valence-electron chi connectivity index (χ2n) is 8.16. The van der Waals surface area contributed by atoms with Crippen molar-refractivity contribution in [1.29, 1.82) is 0 Å². The number of carbonyl (C=O) groups is 1. The summed E-state index contributed by atoms with van der Waals surface area (Å²) in [6.07, 6.45) is 0. The van der Waals surface area contributed by atoms with Crippen molar-refractivity contribution in [2.75, 3.05) is 44.3 Å². The molecule has 1 fully saturated rings. The second-order valence-corrected chi connectivity index (χ2v) is 9.54. The largest absolute Gasteiger partial charge is 0.379 e. The molecule has 1 aliphatic heterocycles. The highest BCUT2D eigenvalue weighted by Gasteiger charge is 2.27. The van der Waals surface area contributed by atoms with Gasteiger partial charge in [0.2, 0.25) is 0 Å². The zero-order chi connectivity index (χ0) is 22.1. The van der Waals surface area contributed by atoms with Crippen LogP contribution < -0.4 is 4.90 Å². The van der Waals surface area contributed by atoms with Crippen LogP contribution in [0, 0.1) is 13.8 Å². The molecule has 2 aromatic heterocycles. The molecule has 174 valence electrons. The summed E-state index contributed by atoms with van der Waals surface area (Å²) in [5.41, 5.74) is 3.31. The van der Waals surface area contributed by atoms with E-state index in [9.17, 15) is 4.79 Å². The lowest BCUT2D eigenvalue weighted by Gasteiger charge is -2.29. The van der Waals surface area contributed by atoms with Crippen LogP contribution in [0.25, 0.3) is 10.2 Å². The van der Waals surface area contributed by atoms with Crippen molar-refractivity contribution in [2.45, 2.75) is 33.7 Å². The second kappa shape index (κ2) is 10.5. The standard InChI is InChI=1S/C22H28ClN5O2S.ClH/c1-14(2)28-18(13-16(4)25-28)21(29)27(8-7-26-9-11-30-12-10-26)22-24-19-15(3)5-6-17(23)20(19)31-22;/h5-6,13-14H,7-12H2,1-4H3;1H. The van der Waals surface area contributed by atoms with Gasteiger partial charge < -0.3 is 4.74 Å². The number of fused-ring (bicyclic) bond motifs is 1. The van der Waals surface area contributed by atoms with Gasteiger partial charge >= 0.3 is 0 Å². The van der Waals surface area contributed by atoms with Crippen molar-refractivity contribution >= 4 is 56.6 Å². The first-order chi connectivity index (χ1) is 14.8. The Bertz CT molecular complexity index is 1050. The number of thiazole rings is 1. The Balaban J connectivity index is 0.00000289. The number of hydrogen-bond donors (Lipinski definition) is 0. The van der Waals surface area contributed by atoms with Crippen LogP contribution in [0.4, 0.5) is 5.13 Å². The lowest BCUT2D eigenvalue weighted by Crippen LogP contribution is -2.43. The smallest absolute Gasteiger partial charge is 0.278 e. The summed E-state index contributed by atoms with van der Waals surface area (Å²) in [5, 5.41) is 5.86. The molecule has 1 aliphatic rings. The van der Waals surface area contributed by atoms with Gasteiger partial charge in [-0.15, -0.1) is 12.4 Å².